The Morgan fingerprint density at radius 3 is 3.21 bits per heavy atom. The van der Waals surface area contributed by atoms with Crippen molar-refractivity contribution in [2.45, 2.75) is 25.3 Å². The largest absolute Gasteiger partial charge is 0.342 e. The van der Waals surface area contributed by atoms with Gasteiger partial charge in [0.1, 0.15) is 0 Å². The van der Waals surface area contributed by atoms with Crippen molar-refractivity contribution >= 4 is 5.91 Å². The maximum atomic E-state index is 11.6. The molecular weight excluding hydrogens is 176 g/mol. The van der Waals surface area contributed by atoms with Crippen LogP contribution in [0.2, 0.25) is 0 Å². The molecule has 3 nitrogen and oxygen atoms in total. The molecule has 0 saturated carbocycles. The summed E-state index contributed by atoms with van der Waals surface area (Å²) in [6, 6.07) is 0.669. The highest BCUT2D eigenvalue weighted by atomic mass is 16.2. The van der Waals surface area contributed by atoms with Crippen molar-refractivity contribution < 1.29 is 4.79 Å². The SMILES string of the molecule is C=CCC(=O)N1CCC2NCCC2C1. The molecule has 1 amide bonds. The highest BCUT2D eigenvalue weighted by Crippen LogP contribution is 2.24. The Kier molecular flexibility index (Phi) is 2.87. The number of carbonyl (C=O) groups is 1. The van der Waals surface area contributed by atoms with Crippen molar-refractivity contribution in [2.75, 3.05) is 19.6 Å². The third-order valence-corrected chi connectivity index (χ3v) is 3.33. The quantitative estimate of drug-likeness (QED) is 0.659. The Bertz CT molecular complexity index is 239. The van der Waals surface area contributed by atoms with Gasteiger partial charge in [-0.3, -0.25) is 4.79 Å². The van der Waals surface area contributed by atoms with Gasteiger partial charge < -0.3 is 10.2 Å². The summed E-state index contributed by atoms with van der Waals surface area (Å²) in [5.74, 6) is 0.933. The normalized spacial score (nSPS) is 31.3. The van der Waals surface area contributed by atoms with E-state index in [9.17, 15) is 4.79 Å². The van der Waals surface area contributed by atoms with E-state index in [1.165, 1.54) is 6.42 Å². The van der Waals surface area contributed by atoms with Gasteiger partial charge in [-0.25, -0.2) is 0 Å². The van der Waals surface area contributed by atoms with Crippen molar-refractivity contribution in [3.8, 4) is 0 Å². The summed E-state index contributed by atoms with van der Waals surface area (Å²) < 4.78 is 0. The average molecular weight is 194 g/mol. The first-order valence-corrected chi connectivity index (χ1v) is 5.43. The first-order chi connectivity index (χ1) is 6.81. The summed E-state index contributed by atoms with van der Waals surface area (Å²) in [7, 11) is 0. The zero-order valence-corrected chi connectivity index (χ0v) is 8.54. The fourth-order valence-electron chi connectivity index (χ4n) is 2.53. The standard InChI is InChI=1S/C11H18N2O/c1-2-3-11(14)13-7-5-10-9(8-13)4-6-12-10/h2,9-10,12H,1,3-8H2. The molecule has 0 radical (unpaired) electrons. The number of nitrogens with zero attached hydrogens (tertiary/aromatic N) is 1. The highest BCUT2D eigenvalue weighted by molar-refractivity contribution is 5.77. The minimum absolute atomic E-state index is 0.241. The Hall–Kier alpha value is -0.830. The van der Waals surface area contributed by atoms with Crippen LogP contribution in [0.4, 0.5) is 0 Å². The summed E-state index contributed by atoms with van der Waals surface area (Å²) in [6.45, 7) is 6.59. The van der Waals surface area contributed by atoms with Crippen LogP contribution >= 0.6 is 0 Å². The average Bonchev–Trinajstić information content (AvgIpc) is 2.64. The van der Waals surface area contributed by atoms with E-state index in [-0.39, 0.29) is 5.91 Å². The number of rotatable bonds is 2. The molecule has 78 valence electrons. The Morgan fingerprint density at radius 1 is 1.57 bits per heavy atom. The van der Waals surface area contributed by atoms with E-state index in [2.05, 4.69) is 11.9 Å². The third kappa shape index (κ3) is 1.82. The van der Waals surface area contributed by atoms with Gasteiger partial charge in [0.05, 0.1) is 0 Å². The predicted molar refractivity (Wildman–Crippen MR) is 55.9 cm³/mol. The van der Waals surface area contributed by atoms with Gasteiger partial charge in [-0.2, -0.15) is 0 Å². The smallest absolute Gasteiger partial charge is 0.226 e. The second kappa shape index (κ2) is 4.13. The van der Waals surface area contributed by atoms with Crippen LogP contribution in [-0.2, 0) is 4.79 Å². The zero-order valence-electron chi connectivity index (χ0n) is 8.54. The molecule has 0 aromatic carbocycles. The summed E-state index contributed by atoms with van der Waals surface area (Å²) in [4.78, 5) is 13.6. The van der Waals surface area contributed by atoms with Crippen molar-refractivity contribution in [3.63, 3.8) is 0 Å². The molecule has 2 atom stereocenters. The van der Waals surface area contributed by atoms with E-state index >= 15 is 0 Å². The number of piperidine rings is 1. The molecule has 2 aliphatic rings. The minimum Gasteiger partial charge on any atom is -0.342 e. The molecule has 0 aliphatic carbocycles. The fourth-order valence-corrected chi connectivity index (χ4v) is 2.53. The maximum Gasteiger partial charge on any atom is 0.226 e. The summed E-state index contributed by atoms with van der Waals surface area (Å²) in [5.41, 5.74) is 0. The molecule has 2 aliphatic heterocycles. The molecule has 14 heavy (non-hydrogen) atoms. The number of likely N-dealkylation sites (tertiary alicyclic amines) is 1. The molecule has 0 aromatic rings. The van der Waals surface area contributed by atoms with E-state index < -0.39 is 0 Å². The Labute approximate surface area is 85.2 Å². The van der Waals surface area contributed by atoms with Crippen LogP contribution in [0.3, 0.4) is 0 Å². The van der Waals surface area contributed by atoms with E-state index in [4.69, 9.17) is 0 Å². The molecule has 0 aromatic heterocycles. The van der Waals surface area contributed by atoms with Gasteiger partial charge in [0, 0.05) is 25.6 Å². The molecule has 0 spiro atoms. The van der Waals surface area contributed by atoms with Crippen LogP contribution in [0.1, 0.15) is 19.3 Å². The lowest BCUT2D eigenvalue weighted by Gasteiger charge is -2.34. The van der Waals surface area contributed by atoms with Crippen LogP contribution in [0.5, 0.6) is 0 Å². The lowest BCUT2D eigenvalue weighted by molar-refractivity contribution is -0.132. The van der Waals surface area contributed by atoms with E-state index in [1.54, 1.807) is 6.08 Å². The van der Waals surface area contributed by atoms with E-state index in [0.717, 1.165) is 26.1 Å². The molecule has 2 fully saturated rings. The topological polar surface area (TPSA) is 32.3 Å². The maximum absolute atomic E-state index is 11.6. The van der Waals surface area contributed by atoms with Gasteiger partial charge in [-0.05, 0) is 25.3 Å². The number of carbonyl (C=O) groups excluding carboxylic acids is 1. The van der Waals surface area contributed by atoms with Gasteiger partial charge in [0.15, 0.2) is 0 Å². The third-order valence-electron chi connectivity index (χ3n) is 3.33. The van der Waals surface area contributed by atoms with Crippen LogP contribution in [0, 0.1) is 5.92 Å². The molecule has 2 unspecified atom stereocenters. The summed E-state index contributed by atoms with van der Waals surface area (Å²) in [5, 5.41) is 3.49. The zero-order chi connectivity index (χ0) is 9.97. The van der Waals surface area contributed by atoms with Crippen molar-refractivity contribution in [3.05, 3.63) is 12.7 Å². The van der Waals surface area contributed by atoms with Gasteiger partial charge in [0.2, 0.25) is 5.91 Å². The molecule has 0 bridgehead atoms. The minimum atomic E-state index is 0.241. The molecule has 2 rings (SSSR count). The van der Waals surface area contributed by atoms with Crippen LogP contribution in [0.15, 0.2) is 12.7 Å². The van der Waals surface area contributed by atoms with E-state index in [0.29, 0.717) is 18.4 Å². The number of fused-ring (bicyclic) bond motifs is 1. The summed E-state index contributed by atoms with van der Waals surface area (Å²) in [6.07, 6.45) is 4.53. The Morgan fingerprint density at radius 2 is 2.43 bits per heavy atom. The number of amides is 1. The number of hydrogen-bond donors (Lipinski definition) is 1. The summed E-state index contributed by atoms with van der Waals surface area (Å²) >= 11 is 0. The highest BCUT2D eigenvalue weighted by Gasteiger charge is 2.33. The second-order valence-corrected chi connectivity index (χ2v) is 4.23. The molecule has 2 saturated heterocycles. The predicted octanol–water partition coefficient (Wildman–Crippen LogP) is 0.773. The van der Waals surface area contributed by atoms with Gasteiger partial charge in [-0.15, -0.1) is 6.58 Å². The fraction of sp³-hybridized carbons (Fsp3) is 0.727. The van der Waals surface area contributed by atoms with Crippen LogP contribution in [0.25, 0.3) is 0 Å². The van der Waals surface area contributed by atoms with Crippen LogP contribution in [-0.4, -0.2) is 36.5 Å². The monoisotopic (exact) mass is 194 g/mol. The molecule has 1 N–H and O–H groups in total. The van der Waals surface area contributed by atoms with E-state index in [1.807, 2.05) is 4.90 Å². The molecule has 2 heterocycles. The van der Waals surface area contributed by atoms with Crippen molar-refractivity contribution in [2.24, 2.45) is 5.92 Å². The van der Waals surface area contributed by atoms with Crippen molar-refractivity contribution in [1.29, 1.82) is 0 Å². The van der Waals surface area contributed by atoms with Gasteiger partial charge in [-0.1, -0.05) is 6.08 Å². The van der Waals surface area contributed by atoms with Gasteiger partial charge in [0.25, 0.3) is 0 Å². The molecule has 3 heteroatoms. The lowest BCUT2D eigenvalue weighted by Crippen LogP contribution is -2.46. The van der Waals surface area contributed by atoms with Gasteiger partial charge >= 0.3 is 0 Å². The second-order valence-electron chi connectivity index (χ2n) is 4.23. The first-order valence-electron chi connectivity index (χ1n) is 5.43. The lowest BCUT2D eigenvalue weighted by atomic mass is 9.93. The van der Waals surface area contributed by atoms with Crippen molar-refractivity contribution in [1.82, 2.24) is 10.2 Å². The number of nitrogens with one attached hydrogen (secondary N) is 1. The van der Waals surface area contributed by atoms with Crippen LogP contribution < -0.4 is 5.32 Å². The molecular formula is C11H18N2O. The first kappa shape index (κ1) is 9.71. The number of hydrogen-bond acceptors (Lipinski definition) is 2. The Balaban J connectivity index is 1.90.